The minimum atomic E-state index is -3.81. The number of halogens is 1. The van der Waals surface area contributed by atoms with Gasteiger partial charge in [0.05, 0.1) is 28.5 Å². The van der Waals surface area contributed by atoms with Crippen LogP contribution < -0.4 is 9.46 Å². The van der Waals surface area contributed by atoms with E-state index >= 15 is 0 Å². The first-order valence-corrected chi connectivity index (χ1v) is 10.2. The Morgan fingerprint density at radius 3 is 2.35 bits per heavy atom. The number of Topliss-reactive ketones (excluding diaryl/α,β-unsaturated/α-hetero) is 1. The summed E-state index contributed by atoms with van der Waals surface area (Å²) < 4.78 is 32.2. The van der Waals surface area contributed by atoms with Gasteiger partial charge >= 0.3 is 0 Å². The second-order valence-electron chi connectivity index (χ2n) is 5.18. The number of thioether (sulfide) groups is 1. The highest BCUT2D eigenvalue weighted by atomic mass is 35.5. The highest BCUT2D eigenvalue weighted by Crippen LogP contribution is 2.25. The van der Waals surface area contributed by atoms with Crippen LogP contribution in [0.2, 0.25) is 5.02 Å². The maximum atomic E-state index is 12.4. The first-order chi connectivity index (χ1) is 12.2. The number of methoxy groups -OCH3 is 1. The number of anilines is 1. The summed E-state index contributed by atoms with van der Waals surface area (Å²) in [6.45, 7) is 1.37. The Bertz CT molecular complexity index is 927. The number of rotatable bonds is 7. The van der Waals surface area contributed by atoms with Crippen molar-refractivity contribution in [2.24, 2.45) is 0 Å². The molecule has 0 amide bonds. The number of benzene rings is 2. The summed E-state index contributed by atoms with van der Waals surface area (Å²) in [4.78, 5) is 23.0. The molecule has 0 unspecified atom stereocenters. The van der Waals surface area contributed by atoms with Gasteiger partial charge in [0.15, 0.2) is 10.9 Å². The van der Waals surface area contributed by atoms with Crippen molar-refractivity contribution in [2.75, 3.05) is 17.6 Å². The smallest absolute Gasteiger partial charge is 0.261 e. The minimum Gasteiger partial charge on any atom is -0.497 e. The van der Waals surface area contributed by atoms with Crippen LogP contribution in [-0.2, 0) is 14.8 Å². The fraction of sp³-hybridized carbons (Fsp3) is 0.176. The van der Waals surface area contributed by atoms with Gasteiger partial charge in [0.25, 0.3) is 10.0 Å². The molecule has 2 aromatic carbocycles. The van der Waals surface area contributed by atoms with E-state index in [4.69, 9.17) is 16.3 Å². The van der Waals surface area contributed by atoms with Crippen molar-refractivity contribution >= 4 is 50.0 Å². The van der Waals surface area contributed by atoms with E-state index in [0.717, 1.165) is 11.8 Å². The summed E-state index contributed by atoms with van der Waals surface area (Å²) in [5.41, 5.74) is 0.453. The average molecular weight is 414 g/mol. The predicted molar refractivity (Wildman–Crippen MR) is 103 cm³/mol. The standard InChI is InChI=1S/C17H16ClNO5S2/c1-11(20)25-10-17(21)15-8-3-12(9-16(15)18)19-26(22,23)14-6-4-13(24-2)5-7-14/h3-9,19H,10H2,1-2H3. The lowest BCUT2D eigenvalue weighted by Crippen LogP contribution is -2.13. The second-order valence-corrected chi connectivity index (χ2v) is 8.42. The normalized spacial score (nSPS) is 11.0. The third kappa shape index (κ3) is 5.23. The van der Waals surface area contributed by atoms with Crippen LogP contribution in [0.15, 0.2) is 47.4 Å². The van der Waals surface area contributed by atoms with Crippen molar-refractivity contribution in [3.05, 3.63) is 53.1 Å². The van der Waals surface area contributed by atoms with Crippen LogP contribution >= 0.6 is 23.4 Å². The van der Waals surface area contributed by atoms with Crippen LogP contribution in [-0.4, -0.2) is 32.2 Å². The Morgan fingerprint density at radius 1 is 1.15 bits per heavy atom. The third-order valence-electron chi connectivity index (χ3n) is 3.30. The minimum absolute atomic E-state index is 0.0218. The maximum Gasteiger partial charge on any atom is 0.261 e. The van der Waals surface area contributed by atoms with Crippen LogP contribution in [0, 0.1) is 0 Å². The van der Waals surface area contributed by atoms with Gasteiger partial charge in [0.2, 0.25) is 0 Å². The number of sulfonamides is 1. The van der Waals surface area contributed by atoms with Crippen molar-refractivity contribution in [1.29, 1.82) is 0 Å². The average Bonchev–Trinajstić information content (AvgIpc) is 2.59. The molecule has 0 radical (unpaired) electrons. The van der Waals surface area contributed by atoms with Crippen molar-refractivity contribution in [3.63, 3.8) is 0 Å². The van der Waals surface area contributed by atoms with Gasteiger partial charge < -0.3 is 4.74 Å². The summed E-state index contributed by atoms with van der Waals surface area (Å²) in [7, 11) is -2.32. The topological polar surface area (TPSA) is 89.5 Å². The number of hydrogen-bond donors (Lipinski definition) is 1. The molecule has 138 valence electrons. The van der Waals surface area contributed by atoms with E-state index in [0.29, 0.717) is 5.75 Å². The van der Waals surface area contributed by atoms with Gasteiger partial charge in [-0.1, -0.05) is 23.4 Å². The Kier molecular flexibility index (Phi) is 6.69. The lowest BCUT2D eigenvalue weighted by molar-refractivity contribution is -0.109. The zero-order valence-electron chi connectivity index (χ0n) is 14.0. The predicted octanol–water partition coefficient (Wildman–Crippen LogP) is 3.61. The fourth-order valence-corrected chi connectivity index (χ4v) is 3.84. The molecule has 0 atom stereocenters. The number of nitrogens with one attached hydrogen (secondary N) is 1. The number of carbonyl (C=O) groups excluding carboxylic acids is 2. The highest BCUT2D eigenvalue weighted by molar-refractivity contribution is 8.14. The molecule has 6 nitrogen and oxygen atoms in total. The lowest BCUT2D eigenvalue weighted by Gasteiger charge is -2.10. The van der Waals surface area contributed by atoms with Gasteiger partial charge in [0.1, 0.15) is 5.75 Å². The molecule has 26 heavy (non-hydrogen) atoms. The molecule has 0 aromatic heterocycles. The quantitative estimate of drug-likeness (QED) is 0.697. The first-order valence-electron chi connectivity index (χ1n) is 7.36. The maximum absolute atomic E-state index is 12.4. The summed E-state index contributed by atoms with van der Waals surface area (Å²) in [5.74, 6) is 0.212. The third-order valence-corrected chi connectivity index (χ3v) is 5.82. The zero-order valence-corrected chi connectivity index (χ0v) is 16.4. The molecular weight excluding hydrogens is 398 g/mol. The molecule has 0 spiro atoms. The number of carbonyl (C=O) groups is 2. The molecule has 2 aromatic rings. The van der Waals surface area contributed by atoms with E-state index < -0.39 is 10.0 Å². The van der Waals surface area contributed by atoms with Crippen LogP contribution in [0.1, 0.15) is 17.3 Å². The molecule has 0 fully saturated rings. The molecule has 0 heterocycles. The molecule has 0 aliphatic heterocycles. The summed E-state index contributed by atoms with van der Waals surface area (Å²) in [5, 5.41) is -0.0626. The molecule has 0 saturated carbocycles. The Morgan fingerprint density at radius 2 is 1.81 bits per heavy atom. The Labute approximate surface area is 160 Å². The van der Waals surface area contributed by atoms with Gasteiger partial charge in [-0.3, -0.25) is 14.3 Å². The molecule has 1 N–H and O–H groups in total. The monoisotopic (exact) mass is 413 g/mol. The van der Waals surface area contributed by atoms with E-state index in [1.54, 1.807) is 0 Å². The van der Waals surface area contributed by atoms with Gasteiger partial charge in [-0.05, 0) is 42.5 Å². The van der Waals surface area contributed by atoms with Gasteiger partial charge in [-0.15, -0.1) is 0 Å². The summed E-state index contributed by atoms with van der Waals surface area (Å²) in [6, 6.07) is 10.1. The van der Waals surface area contributed by atoms with Crippen LogP contribution in [0.5, 0.6) is 5.75 Å². The molecule has 0 saturated heterocycles. The van der Waals surface area contributed by atoms with Crippen molar-refractivity contribution in [3.8, 4) is 5.75 Å². The fourth-order valence-electron chi connectivity index (χ4n) is 2.02. The number of hydrogen-bond acceptors (Lipinski definition) is 6. The van der Waals surface area contributed by atoms with Crippen LogP contribution in [0.3, 0.4) is 0 Å². The van der Waals surface area contributed by atoms with Gasteiger partial charge in [-0.2, -0.15) is 0 Å². The highest BCUT2D eigenvalue weighted by Gasteiger charge is 2.17. The van der Waals surface area contributed by atoms with Crippen LogP contribution in [0.25, 0.3) is 0 Å². The second kappa shape index (κ2) is 8.57. The largest absolute Gasteiger partial charge is 0.497 e. The van der Waals surface area contributed by atoms with Gasteiger partial charge in [-0.25, -0.2) is 8.42 Å². The molecule has 0 bridgehead atoms. The van der Waals surface area contributed by atoms with Crippen molar-refractivity contribution in [1.82, 2.24) is 0 Å². The number of ketones is 1. The summed E-state index contributed by atoms with van der Waals surface area (Å²) in [6.07, 6.45) is 0. The Hall–Kier alpha value is -2.03. The molecule has 0 aliphatic carbocycles. The van der Waals surface area contributed by atoms with E-state index in [1.807, 2.05) is 0 Å². The molecule has 9 heteroatoms. The summed E-state index contributed by atoms with van der Waals surface area (Å²) >= 11 is 6.98. The van der Waals surface area contributed by atoms with E-state index in [9.17, 15) is 18.0 Å². The Balaban J connectivity index is 2.17. The number of ether oxygens (including phenoxy) is 1. The SMILES string of the molecule is COc1ccc(S(=O)(=O)Nc2ccc(C(=O)CSC(C)=O)c(Cl)c2)cc1. The van der Waals surface area contributed by atoms with E-state index in [1.165, 1.54) is 56.5 Å². The van der Waals surface area contributed by atoms with Crippen LogP contribution in [0.4, 0.5) is 5.69 Å². The van der Waals surface area contributed by atoms with Crippen molar-refractivity contribution in [2.45, 2.75) is 11.8 Å². The van der Waals surface area contributed by atoms with Gasteiger partial charge in [0, 0.05) is 12.5 Å². The molecular formula is C17H16ClNO5S2. The van der Waals surface area contributed by atoms with E-state index in [-0.39, 0.29) is 37.8 Å². The molecule has 0 aliphatic rings. The zero-order chi connectivity index (χ0) is 19.3. The first kappa shape index (κ1) is 20.3. The van der Waals surface area contributed by atoms with E-state index in [2.05, 4.69) is 4.72 Å². The van der Waals surface area contributed by atoms with Crippen molar-refractivity contribution < 1.29 is 22.7 Å². The lowest BCUT2D eigenvalue weighted by atomic mass is 10.1. The molecule has 2 rings (SSSR count).